The van der Waals surface area contributed by atoms with Crippen molar-refractivity contribution in [2.45, 2.75) is 13.3 Å². The van der Waals surface area contributed by atoms with E-state index >= 15 is 0 Å². The standard InChI is InChI=1S/C9H7ClN2O2/c1-6-2-3-8(12(13)14)9(10)7(6)4-5-11/h2-3H,4H2,1H3. The number of hydrogen-bond acceptors (Lipinski definition) is 3. The van der Waals surface area contributed by atoms with Crippen LogP contribution in [0.4, 0.5) is 5.69 Å². The van der Waals surface area contributed by atoms with Gasteiger partial charge in [-0.15, -0.1) is 0 Å². The number of nitrogens with zero attached hydrogens (tertiary/aromatic N) is 2. The maximum absolute atomic E-state index is 10.5. The molecule has 0 heterocycles. The molecule has 0 aliphatic carbocycles. The van der Waals surface area contributed by atoms with Crippen LogP contribution in [-0.2, 0) is 6.42 Å². The number of rotatable bonds is 2. The minimum absolute atomic E-state index is 0.0663. The lowest BCUT2D eigenvalue weighted by atomic mass is 10.1. The fourth-order valence-corrected chi connectivity index (χ4v) is 1.49. The Morgan fingerprint density at radius 2 is 2.29 bits per heavy atom. The summed E-state index contributed by atoms with van der Waals surface area (Å²) in [7, 11) is 0. The van der Waals surface area contributed by atoms with Crippen molar-refractivity contribution >= 4 is 17.3 Å². The Balaban J connectivity index is 3.35. The van der Waals surface area contributed by atoms with Gasteiger partial charge in [0.15, 0.2) is 0 Å². The first-order chi connectivity index (χ1) is 6.57. The summed E-state index contributed by atoms with van der Waals surface area (Å²) in [6, 6.07) is 4.86. The number of halogens is 1. The Morgan fingerprint density at radius 1 is 1.64 bits per heavy atom. The molecule has 0 aliphatic heterocycles. The average molecular weight is 211 g/mol. The van der Waals surface area contributed by atoms with Crippen LogP contribution in [0.2, 0.25) is 5.02 Å². The lowest BCUT2D eigenvalue weighted by molar-refractivity contribution is -0.384. The van der Waals surface area contributed by atoms with E-state index in [4.69, 9.17) is 16.9 Å². The Morgan fingerprint density at radius 3 is 2.79 bits per heavy atom. The van der Waals surface area contributed by atoms with Gasteiger partial charge in [0.05, 0.1) is 17.4 Å². The van der Waals surface area contributed by atoms with Crippen molar-refractivity contribution in [2.75, 3.05) is 0 Å². The number of aryl methyl sites for hydroxylation is 1. The van der Waals surface area contributed by atoms with Gasteiger partial charge in [-0.2, -0.15) is 5.26 Å². The number of hydrogen-bond donors (Lipinski definition) is 0. The topological polar surface area (TPSA) is 66.9 Å². The SMILES string of the molecule is Cc1ccc([N+](=O)[O-])c(Cl)c1CC#N. The van der Waals surface area contributed by atoms with Crippen molar-refractivity contribution in [3.8, 4) is 6.07 Å². The van der Waals surface area contributed by atoms with E-state index in [1.807, 2.05) is 6.07 Å². The Labute approximate surface area is 85.9 Å². The van der Waals surface area contributed by atoms with Crippen LogP contribution < -0.4 is 0 Å². The molecule has 72 valence electrons. The summed E-state index contributed by atoms with van der Waals surface area (Å²) >= 11 is 5.80. The molecule has 0 fully saturated rings. The minimum atomic E-state index is -0.553. The molecule has 1 aromatic rings. The van der Waals surface area contributed by atoms with Gasteiger partial charge in [-0.3, -0.25) is 10.1 Å². The molecule has 0 bridgehead atoms. The van der Waals surface area contributed by atoms with Crippen LogP contribution in [0.5, 0.6) is 0 Å². The predicted molar refractivity (Wildman–Crippen MR) is 52.2 cm³/mol. The van der Waals surface area contributed by atoms with Crippen molar-refractivity contribution in [3.05, 3.63) is 38.4 Å². The van der Waals surface area contributed by atoms with E-state index in [9.17, 15) is 10.1 Å². The van der Waals surface area contributed by atoms with Gasteiger partial charge in [-0.25, -0.2) is 0 Å². The zero-order chi connectivity index (χ0) is 10.7. The normalized spacial score (nSPS) is 9.50. The van der Waals surface area contributed by atoms with Crippen LogP contribution in [0.3, 0.4) is 0 Å². The quantitative estimate of drug-likeness (QED) is 0.557. The van der Waals surface area contributed by atoms with Crippen LogP contribution in [0.25, 0.3) is 0 Å². The van der Waals surface area contributed by atoms with Gasteiger partial charge >= 0.3 is 0 Å². The van der Waals surface area contributed by atoms with E-state index in [-0.39, 0.29) is 17.1 Å². The highest BCUT2D eigenvalue weighted by Crippen LogP contribution is 2.30. The third-order valence-corrected chi connectivity index (χ3v) is 2.33. The molecule has 0 spiro atoms. The van der Waals surface area contributed by atoms with Crippen molar-refractivity contribution in [1.29, 1.82) is 5.26 Å². The lowest BCUT2D eigenvalue weighted by Crippen LogP contribution is -1.95. The summed E-state index contributed by atoms with van der Waals surface area (Å²) in [6.07, 6.45) is 0.0896. The molecule has 0 unspecified atom stereocenters. The Hall–Kier alpha value is -1.60. The van der Waals surface area contributed by atoms with E-state index in [1.54, 1.807) is 13.0 Å². The second-order valence-corrected chi connectivity index (χ2v) is 3.16. The second kappa shape index (κ2) is 4.07. The molecule has 0 N–H and O–H groups in total. The van der Waals surface area contributed by atoms with E-state index in [1.165, 1.54) is 6.07 Å². The van der Waals surface area contributed by atoms with Crippen LogP contribution in [0, 0.1) is 28.4 Å². The highest BCUT2D eigenvalue weighted by atomic mass is 35.5. The zero-order valence-corrected chi connectivity index (χ0v) is 8.21. The summed E-state index contributed by atoms with van der Waals surface area (Å²) in [4.78, 5) is 9.97. The molecule has 0 amide bonds. The van der Waals surface area contributed by atoms with Gasteiger partial charge in [0, 0.05) is 6.07 Å². The fourth-order valence-electron chi connectivity index (χ4n) is 1.14. The maximum atomic E-state index is 10.5. The lowest BCUT2D eigenvalue weighted by Gasteiger charge is -2.04. The molecule has 0 saturated heterocycles. The fraction of sp³-hybridized carbons (Fsp3) is 0.222. The first kappa shape index (κ1) is 10.5. The molecule has 0 atom stereocenters. The summed E-state index contributed by atoms with van der Waals surface area (Å²) in [6.45, 7) is 1.77. The van der Waals surface area contributed by atoms with Gasteiger partial charge in [0.25, 0.3) is 5.69 Å². The van der Waals surface area contributed by atoms with Crippen molar-refractivity contribution in [3.63, 3.8) is 0 Å². The summed E-state index contributed by atoms with van der Waals surface area (Å²) in [5.41, 5.74) is 1.17. The molecule has 1 aromatic carbocycles. The first-order valence-corrected chi connectivity index (χ1v) is 4.25. The highest BCUT2D eigenvalue weighted by molar-refractivity contribution is 6.33. The average Bonchev–Trinajstić information content (AvgIpc) is 2.11. The molecule has 1 rings (SSSR count). The van der Waals surface area contributed by atoms with Crippen LogP contribution >= 0.6 is 11.6 Å². The monoisotopic (exact) mass is 210 g/mol. The largest absolute Gasteiger partial charge is 0.288 e. The van der Waals surface area contributed by atoms with Crippen molar-refractivity contribution in [1.82, 2.24) is 0 Å². The molecule has 5 heteroatoms. The van der Waals surface area contributed by atoms with Gasteiger partial charge in [0.1, 0.15) is 5.02 Å². The first-order valence-electron chi connectivity index (χ1n) is 3.87. The Bertz CT molecular complexity index is 424. The van der Waals surface area contributed by atoms with Crippen LogP contribution in [0.1, 0.15) is 11.1 Å². The van der Waals surface area contributed by atoms with Gasteiger partial charge in [-0.05, 0) is 18.1 Å². The summed E-state index contributed by atoms with van der Waals surface area (Å²) in [5, 5.41) is 19.1. The number of nitro benzene ring substituents is 1. The van der Waals surface area contributed by atoms with Gasteiger partial charge in [-0.1, -0.05) is 17.7 Å². The Kier molecular flexibility index (Phi) is 3.05. The highest BCUT2D eigenvalue weighted by Gasteiger charge is 2.16. The van der Waals surface area contributed by atoms with E-state index in [0.29, 0.717) is 5.56 Å². The van der Waals surface area contributed by atoms with Crippen molar-refractivity contribution < 1.29 is 4.92 Å². The zero-order valence-electron chi connectivity index (χ0n) is 7.45. The molecular formula is C9H7ClN2O2. The number of benzene rings is 1. The summed E-state index contributed by atoms with van der Waals surface area (Å²) in [5.74, 6) is 0. The van der Waals surface area contributed by atoms with Gasteiger partial charge < -0.3 is 0 Å². The number of nitriles is 1. The molecule has 0 aromatic heterocycles. The van der Waals surface area contributed by atoms with E-state index < -0.39 is 4.92 Å². The molecular weight excluding hydrogens is 204 g/mol. The second-order valence-electron chi connectivity index (χ2n) is 2.79. The third kappa shape index (κ3) is 1.83. The van der Waals surface area contributed by atoms with Crippen molar-refractivity contribution in [2.24, 2.45) is 0 Å². The minimum Gasteiger partial charge on any atom is -0.258 e. The smallest absolute Gasteiger partial charge is 0.258 e. The summed E-state index contributed by atoms with van der Waals surface area (Å²) < 4.78 is 0. The van der Waals surface area contributed by atoms with E-state index in [2.05, 4.69) is 0 Å². The van der Waals surface area contributed by atoms with Gasteiger partial charge in [0.2, 0.25) is 0 Å². The van der Waals surface area contributed by atoms with Crippen LogP contribution in [-0.4, -0.2) is 4.92 Å². The van der Waals surface area contributed by atoms with Crippen LogP contribution in [0.15, 0.2) is 12.1 Å². The molecule has 0 saturated carbocycles. The maximum Gasteiger partial charge on any atom is 0.288 e. The molecule has 4 nitrogen and oxygen atoms in total. The third-order valence-electron chi connectivity index (χ3n) is 1.91. The van der Waals surface area contributed by atoms with E-state index in [0.717, 1.165) is 5.56 Å². The molecule has 0 radical (unpaired) electrons. The predicted octanol–water partition coefficient (Wildman–Crippen LogP) is 2.62. The number of nitro groups is 1. The molecule has 0 aliphatic rings. The molecule has 14 heavy (non-hydrogen) atoms.